The fourth-order valence-corrected chi connectivity index (χ4v) is 3.71. The van der Waals surface area contributed by atoms with Crippen LogP contribution in [0.15, 0.2) is 33.6 Å². The first-order valence-corrected chi connectivity index (χ1v) is 8.53. The van der Waals surface area contributed by atoms with Gasteiger partial charge in [-0.15, -0.1) is 0 Å². The highest BCUT2D eigenvalue weighted by molar-refractivity contribution is 9.10. The van der Waals surface area contributed by atoms with Gasteiger partial charge < -0.3 is 4.74 Å². The summed E-state index contributed by atoms with van der Waals surface area (Å²) < 4.78 is 32.5. The lowest BCUT2D eigenvalue weighted by Crippen LogP contribution is -2.35. The van der Waals surface area contributed by atoms with Gasteiger partial charge in [0.2, 0.25) is 10.0 Å². The molecular formula is C13H18BrNO3S. The summed E-state index contributed by atoms with van der Waals surface area (Å²) in [5, 5.41) is 0. The van der Waals surface area contributed by atoms with Crippen LogP contribution < -0.4 is 0 Å². The maximum absolute atomic E-state index is 12.4. The summed E-state index contributed by atoms with van der Waals surface area (Å²) in [6.45, 7) is 1.96. The van der Waals surface area contributed by atoms with Crippen molar-refractivity contribution < 1.29 is 13.2 Å². The number of hydrogen-bond donors (Lipinski definition) is 0. The number of sulfonamides is 1. The summed E-state index contributed by atoms with van der Waals surface area (Å²) in [6.07, 6.45) is 2.04. The van der Waals surface area contributed by atoms with Crippen molar-refractivity contribution in [3.63, 3.8) is 0 Å². The zero-order chi connectivity index (χ0) is 13.9. The van der Waals surface area contributed by atoms with Crippen LogP contribution in [0.2, 0.25) is 0 Å². The minimum Gasteiger partial charge on any atom is -0.381 e. The average molecular weight is 348 g/mol. The molecule has 6 heteroatoms. The molecule has 1 aromatic carbocycles. The molecule has 0 unspecified atom stereocenters. The third-order valence-corrected chi connectivity index (χ3v) is 5.66. The van der Waals surface area contributed by atoms with Crippen LogP contribution in [0.5, 0.6) is 0 Å². The second-order valence-corrected chi connectivity index (χ2v) is 7.78. The van der Waals surface area contributed by atoms with E-state index in [0.29, 0.717) is 24.0 Å². The summed E-state index contributed by atoms with van der Waals surface area (Å²) >= 11 is 3.30. The Balaban J connectivity index is 2.07. The fourth-order valence-electron chi connectivity index (χ4n) is 2.20. The normalized spacial score (nSPS) is 20.7. The predicted octanol–water partition coefficient (Wildman–Crippen LogP) is 2.50. The van der Waals surface area contributed by atoms with Crippen molar-refractivity contribution in [2.24, 2.45) is 5.92 Å². The number of hydrogen-bond acceptors (Lipinski definition) is 3. The Morgan fingerprint density at radius 1 is 1.37 bits per heavy atom. The first-order chi connectivity index (χ1) is 9.00. The van der Waals surface area contributed by atoms with E-state index >= 15 is 0 Å². The first-order valence-electron chi connectivity index (χ1n) is 6.30. The van der Waals surface area contributed by atoms with Gasteiger partial charge in [-0.25, -0.2) is 12.7 Å². The molecule has 1 aromatic rings. The van der Waals surface area contributed by atoms with Gasteiger partial charge in [-0.05, 0) is 43.0 Å². The lowest BCUT2D eigenvalue weighted by atomic mass is 10.0. The third kappa shape index (κ3) is 3.78. The zero-order valence-corrected chi connectivity index (χ0v) is 13.3. The van der Waals surface area contributed by atoms with E-state index in [1.165, 1.54) is 4.31 Å². The lowest BCUT2D eigenvalue weighted by Gasteiger charge is -2.26. The molecule has 0 saturated carbocycles. The smallest absolute Gasteiger partial charge is 0.242 e. The van der Waals surface area contributed by atoms with Crippen molar-refractivity contribution in [1.82, 2.24) is 4.31 Å². The molecule has 2 rings (SSSR count). The van der Waals surface area contributed by atoms with Gasteiger partial charge in [0.1, 0.15) is 0 Å². The molecule has 19 heavy (non-hydrogen) atoms. The Labute approximate surface area is 122 Å². The topological polar surface area (TPSA) is 46.6 Å². The summed E-state index contributed by atoms with van der Waals surface area (Å²) in [7, 11) is -1.77. The average Bonchev–Trinajstić information content (AvgIpc) is 2.40. The van der Waals surface area contributed by atoms with Crippen LogP contribution in [0.4, 0.5) is 0 Å². The van der Waals surface area contributed by atoms with Crippen molar-refractivity contribution in [2.45, 2.75) is 17.7 Å². The van der Waals surface area contributed by atoms with Gasteiger partial charge in [-0.1, -0.05) is 15.9 Å². The molecule has 1 aliphatic heterocycles. The Morgan fingerprint density at radius 3 is 2.63 bits per heavy atom. The van der Waals surface area contributed by atoms with Gasteiger partial charge in [0.25, 0.3) is 0 Å². The van der Waals surface area contributed by atoms with E-state index in [9.17, 15) is 8.42 Å². The van der Waals surface area contributed by atoms with Crippen LogP contribution in [0.1, 0.15) is 12.8 Å². The number of ether oxygens (including phenoxy) is 1. The van der Waals surface area contributed by atoms with E-state index in [2.05, 4.69) is 15.9 Å². The standard InChI is InChI=1S/C13H18BrNO3S/c1-15(9-11-3-2-8-18-10-11)19(16,17)13-6-4-12(14)5-7-13/h4-7,11H,2-3,8-10H2,1H3/t11-/m1/s1. The van der Waals surface area contributed by atoms with Crippen LogP contribution >= 0.6 is 15.9 Å². The van der Waals surface area contributed by atoms with Crippen LogP contribution in [-0.4, -0.2) is 39.5 Å². The molecule has 0 amide bonds. The highest BCUT2D eigenvalue weighted by Crippen LogP contribution is 2.21. The Kier molecular flexibility index (Phi) is 5.00. The number of rotatable bonds is 4. The molecule has 1 aliphatic rings. The van der Waals surface area contributed by atoms with E-state index in [1.54, 1.807) is 31.3 Å². The summed E-state index contributed by atoms with van der Waals surface area (Å²) in [6, 6.07) is 6.72. The Morgan fingerprint density at radius 2 is 2.05 bits per heavy atom. The maximum atomic E-state index is 12.4. The van der Waals surface area contributed by atoms with E-state index in [0.717, 1.165) is 23.9 Å². The number of halogens is 1. The van der Waals surface area contributed by atoms with Crippen LogP contribution in [0, 0.1) is 5.92 Å². The molecule has 0 aromatic heterocycles. The zero-order valence-electron chi connectivity index (χ0n) is 10.9. The molecule has 1 fully saturated rings. The molecule has 0 N–H and O–H groups in total. The lowest BCUT2D eigenvalue weighted by molar-refractivity contribution is 0.0495. The minimum atomic E-state index is -3.40. The highest BCUT2D eigenvalue weighted by atomic mass is 79.9. The predicted molar refractivity (Wildman–Crippen MR) is 77.5 cm³/mol. The third-order valence-electron chi connectivity index (χ3n) is 3.29. The van der Waals surface area contributed by atoms with E-state index in [-0.39, 0.29) is 0 Å². The second kappa shape index (κ2) is 6.35. The molecule has 0 spiro atoms. The van der Waals surface area contributed by atoms with Gasteiger partial charge in [-0.3, -0.25) is 0 Å². The number of benzene rings is 1. The van der Waals surface area contributed by atoms with Gasteiger partial charge in [0.15, 0.2) is 0 Å². The molecule has 4 nitrogen and oxygen atoms in total. The van der Waals surface area contributed by atoms with Crippen molar-refractivity contribution in [3.8, 4) is 0 Å². The fraction of sp³-hybridized carbons (Fsp3) is 0.538. The molecular weight excluding hydrogens is 330 g/mol. The minimum absolute atomic E-state index is 0.295. The maximum Gasteiger partial charge on any atom is 0.242 e. The van der Waals surface area contributed by atoms with Crippen LogP contribution in [0.3, 0.4) is 0 Å². The SMILES string of the molecule is CN(C[C@H]1CCCOC1)S(=O)(=O)c1ccc(Br)cc1. The monoisotopic (exact) mass is 347 g/mol. The molecule has 0 bridgehead atoms. The van der Waals surface area contributed by atoms with Crippen LogP contribution in [0.25, 0.3) is 0 Å². The Bertz CT molecular complexity index is 509. The van der Waals surface area contributed by atoms with Crippen molar-refractivity contribution >= 4 is 26.0 Å². The highest BCUT2D eigenvalue weighted by Gasteiger charge is 2.24. The van der Waals surface area contributed by atoms with Crippen molar-refractivity contribution in [3.05, 3.63) is 28.7 Å². The molecule has 0 aliphatic carbocycles. The van der Waals surface area contributed by atoms with E-state index in [4.69, 9.17) is 4.74 Å². The van der Waals surface area contributed by atoms with Gasteiger partial charge in [-0.2, -0.15) is 0 Å². The molecule has 1 heterocycles. The number of nitrogens with zero attached hydrogens (tertiary/aromatic N) is 1. The second-order valence-electron chi connectivity index (χ2n) is 4.82. The molecule has 0 radical (unpaired) electrons. The van der Waals surface area contributed by atoms with Crippen LogP contribution in [-0.2, 0) is 14.8 Å². The molecule has 1 saturated heterocycles. The summed E-state index contributed by atoms with van der Waals surface area (Å²) in [4.78, 5) is 0.329. The molecule has 106 valence electrons. The quantitative estimate of drug-likeness (QED) is 0.840. The first kappa shape index (κ1) is 15.0. The summed E-state index contributed by atoms with van der Waals surface area (Å²) in [5.41, 5.74) is 0. The van der Waals surface area contributed by atoms with E-state index < -0.39 is 10.0 Å². The van der Waals surface area contributed by atoms with Gasteiger partial charge in [0, 0.05) is 24.7 Å². The largest absolute Gasteiger partial charge is 0.381 e. The van der Waals surface area contributed by atoms with Gasteiger partial charge in [0.05, 0.1) is 11.5 Å². The summed E-state index contributed by atoms with van der Waals surface area (Å²) in [5.74, 6) is 0.295. The van der Waals surface area contributed by atoms with Crippen molar-refractivity contribution in [1.29, 1.82) is 0 Å². The van der Waals surface area contributed by atoms with Gasteiger partial charge >= 0.3 is 0 Å². The Hall–Kier alpha value is -0.430. The van der Waals surface area contributed by atoms with Crippen molar-refractivity contribution in [2.75, 3.05) is 26.8 Å². The van der Waals surface area contributed by atoms with E-state index in [1.807, 2.05) is 0 Å². The molecule has 1 atom stereocenters.